The first-order chi connectivity index (χ1) is 11.1. The average Bonchev–Trinajstić information content (AvgIpc) is 2.54. The number of methoxy groups -OCH3 is 1. The number of rotatable bonds is 4. The smallest absolute Gasteiger partial charge is 0.339 e. The molecule has 0 unspecified atom stereocenters. The van der Waals surface area contributed by atoms with E-state index < -0.39 is 10.5 Å². The molecular formula is C16H11NO6. The van der Waals surface area contributed by atoms with Crippen molar-refractivity contribution in [3.63, 3.8) is 0 Å². The van der Waals surface area contributed by atoms with Crippen LogP contribution in [0.5, 0.6) is 17.2 Å². The Kier molecular flexibility index (Phi) is 3.68. The van der Waals surface area contributed by atoms with Gasteiger partial charge in [-0.25, -0.2) is 4.79 Å². The zero-order valence-corrected chi connectivity index (χ0v) is 12.0. The van der Waals surface area contributed by atoms with Gasteiger partial charge in [-0.2, -0.15) is 0 Å². The van der Waals surface area contributed by atoms with Gasteiger partial charge < -0.3 is 13.9 Å². The second-order valence-corrected chi connectivity index (χ2v) is 4.64. The van der Waals surface area contributed by atoms with Gasteiger partial charge in [-0.05, 0) is 24.3 Å². The Bertz CT molecular complexity index is 929. The summed E-state index contributed by atoms with van der Waals surface area (Å²) in [5.41, 5.74) is -0.282. The lowest BCUT2D eigenvalue weighted by Crippen LogP contribution is -1.99. The Balaban J connectivity index is 2.02. The molecular weight excluding hydrogens is 302 g/mol. The van der Waals surface area contributed by atoms with Crippen molar-refractivity contribution in [2.75, 3.05) is 7.11 Å². The average molecular weight is 313 g/mol. The molecule has 0 fully saturated rings. The number of non-ortho nitro benzene ring substituents is 1. The van der Waals surface area contributed by atoms with E-state index in [0.717, 1.165) is 0 Å². The van der Waals surface area contributed by atoms with Gasteiger partial charge in [0.2, 0.25) is 0 Å². The molecule has 0 N–H and O–H groups in total. The number of ether oxygens (including phenoxy) is 2. The monoisotopic (exact) mass is 313 g/mol. The summed E-state index contributed by atoms with van der Waals surface area (Å²) < 4.78 is 15.9. The molecule has 0 spiro atoms. The van der Waals surface area contributed by atoms with E-state index >= 15 is 0 Å². The first-order valence-electron chi connectivity index (χ1n) is 6.61. The molecule has 0 aliphatic carbocycles. The maximum atomic E-state index is 11.7. The third kappa shape index (κ3) is 2.98. The summed E-state index contributed by atoms with van der Waals surface area (Å²) >= 11 is 0. The molecule has 0 bridgehead atoms. The number of hydrogen-bond donors (Lipinski definition) is 0. The van der Waals surface area contributed by atoms with Crippen LogP contribution in [-0.4, -0.2) is 12.0 Å². The molecule has 2 aromatic carbocycles. The van der Waals surface area contributed by atoms with Crippen molar-refractivity contribution in [3.8, 4) is 17.2 Å². The first-order valence-corrected chi connectivity index (χ1v) is 6.61. The van der Waals surface area contributed by atoms with Crippen LogP contribution in [0.25, 0.3) is 11.0 Å². The third-order valence-corrected chi connectivity index (χ3v) is 3.19. The highest BCUT2D eigenvalue weighted by Crippen LogP contribution is 2.31. The highest BCUT2D eigenvalue weighted by atomic mass is 16.6. The number of hydrogen-bond acceptors (Lipinski definition) is 6. The number of fused-ring (bicyclic) bond motifs is 1. The fraction of sp³-hybridized carbons (Fsp3) is 0.0625. The molecule has 3 rings (SSSR count). The summed E-state index contributed by atoms with van der Waals surface area (Å²) in [4.78, 5) is 21.8. The summed E-state index contributed by atoms with van der Waals surface area (Å²) in [7, 11) is 1.51. The van der Waals surface area contributed by atoms with Gasteiger partial charge in [0.05, 0.1) is 23.5 Å². The quantitative estimate of drug-likeness (QED) is 0.416. The van der Waals surface area contributed by atoms with Gasteiger partial charge in [0, 0.05) is 18.2 Å². The highest BCUT2D eigenvalue weighted by molar-refractivity contribution is 5.84. The number of benzene rings is 2. The first kappa shape index (κ1) is 14.6. The van der Waals surface area contributed by atoms with Crippen LogP contribution >= 0.6 is 0 Å². The summed E-state index contributed by atoms with van der Waals surface area (Å²) in [6.45, 7) is 0. The van der Waals surface area contributed by atoms with E-state index in [9.17, 15) is 14.9 Å². The van der Waals surface area contributed by atoms with Crippen molar-refractivity contribution in [1.29, 1.82) is 0 Å². The van der Waals surface area contributed by atoms with Crippen LogP contribution in [0, 0.1) is 10.1 Å². The van der Waals surface area contributed by atoms with Gasteiger partial charge in [0.1, 0.15) is 22.8 Å². The van der Waals surface area contributed by atoms with Crippen LogP contribution in [0.1, 0.15) is 0 Å². The van der Waals surface area contributed by atoms with Gasteiger partial charge in [-0.1, -0.05) is 0 Å². The maximum absolute atomic E-state index is 11.7. The van der Waals surface area contributed by atoms with E-state index in [0.29, 0.717) is 28.2 Å². The minimum absolute atomic E-state index is 0.0421. The Labute approximate surface area is 129 Å². The van der Waals surface area contributed by atoms with Crippen LogP contribution in [0.3, 0.4) is 0 Å². The predicted molar refractivity (Wildman–Crippen MR) is 82.2 cm³/mol. The maximum Gasteiger partial charge on any atom is 0.339 e. The molecule has 0 saturated heterocycles. The normalized spacial score (nSPS) is 10.5. The summed E-state index contributed by atoms with van der Waals surface area (Å²) in [5.74, 6) is 1.22. The minimum atomic E-state index is -0.567. The van der Waals surface area contributed by atoms with Gasteiger partial charge in [0.15, 0.2) is 0 Å². The predicted octanol–water partition coefficient (Wildman–Crippen LogP) is 3.50. The standard InChI is InChI=1S/C16H11NO6/c1-21-12-6-7-13-14(8-12)23-16(18)9-15(13)22-11-4-2-10(3-5-11)17(19)20/h2-9H,1H3. The lowest BCUT2D eigenvalue weighted by Gasteiger charge is -2.08. The molecule has 23 heavy (non-hydrogen) atoms. The summed E-state index contributed by atoms with van der Waals surface area (Å²) in [6, 6.07) is 11.8. The van der Waals surface area contributed by atoms with E-state index in [1.165, 1.54) is 37.4 Å². The fourth-order valence-electron chi connectivity index (χ4n) is 2.09. The van der Waals surface area contributed by atoms with Crippen molar-refractivity contribution in [1.82, 2.24) is 0 Å². The lowest BCUT2D eigenvalue weighted by molar-refractivity contribution is -0.384. The van der Waals surface area contributed by atoms with Crippen molar-refractivity contribution >= 4 is 16.7 Å². The molecule has 1 heterocycles. The summed E-state index contributed by atoms with van der Waals surface area (Å²) in [5, 5.41) is 11.2. The minimum Gasteiger partial charge on any atom is -0.497 e. The molecule has 1 aromatic heterocycles. The molecule has 0 aliphatic heterocycles. The van der Waals surface area contributed by atoms with Gasteiger partial charge >= 0.3 is 5.63 Å². The molecule has 0 aliphatic rings. The highest BCUT2D eigenvalue weighted by Gasteiger charge is 2.10. The molecule has 7 heteroatoms. The second kappa shape index (κ2) is 5.80. The van der Waals surface area contributed by atoms with E-state index in [2.05, 4.69) is 0 Å². The van der Waals surface area contributed by atoms with E-state index in [-0.39, 0.29) is 5.69 Å². The molecule has 0 radical (unpaired) electrons. The van der Waals surface area contributed by atoms with Crippen molar-refractivity contribution in [2.45, 2.75) is 0 Å². The lowest BCUT2D eigenvalue weighted by atomic mass is 10.2. The number of nitro benzene ring substituents is 1. The van der Waals surface area contributed by atoms with Crippen LogP contribution in [0.4, 0.5) is 5.69 Å². The van der Waals surface area contributed by atoms with E-state index in [1.54, 1.807) is 18.2 Å². The zero-order chi connectivity index (χ0) is 16.4. The Morgan fingerprint density at radius 1 is 1.04 bits per heavy atom. The van der Waals surface area contributed by atoms with Crippen LogP contribution in [0.2, 0.25) is 0 Å². The molecule has 0 saturated carbocycles. The van der Waals surface area contributed by atoms with Gasteiger partial charge in [-0.3, -0.25) is 10.1 Å². The fourth-order valence-corrected chi connectivity index (χ4v) is 2.09. The van der Waals surface area contributed by atoms with Gasteiger partial charge in [0.25, 0.3) is 5.69 Å². The Morgan fingerprint density at radius 2 is 1.74 bits per heavy atom. The molecule has 116 valence electrons. The topological polar surface area (TPSA) is 91.8 Å². The largest absolute Gasteiger partial charge is 0.497 e. The molecule has 0 amide bonds. The Morgan fingerprint density at radius 3 is 2.39 bits per heavy atom. The van der Waals surface area contributed by atoms with Crippen LogP contribution < -0.4 is 15.1 Å². The van der Waals surface area contributed by atoms with Crippen molar-refractivity contribution in [2.24, 2.45) is 0 Å². The van der Waals surface area contributed by atoms with Gasteiger partial charge in [-0.15, -0.1) is 0 Å². The third-order valence-electron chi connectivity index (χ3n) is 3.19. The van der Waals surface area contributed by atoms with Crippen molar-refractivity contribution in [3.05, 3.63) is 69.1 Å². The van der Waals surface area contributed by atoms with Crippen LogP contribution in [-0.2, 0) is 0 Å². The summed E-state index contributed by atoms with van der Waals surface area (Å²) in [6.07, 6.45) is 0. The molecule has 3 aromatic rings. The number of nitrogens with zero attached hydrogens (tertiary/aromatic N) is 1. The second-order valence-electron chi connectivity index (χ2n) is 4.64. The van der Waals surface area contributed by atoms with E-state index in [1.807, 2.05) is 0 Å². The van der Waals surface area contributed by atoms with Crippen LogP contribution in [0.15, 0.2) is 57.7 Å². The number of nitro groups is 1. The van der Waals surface area contributed by atoms with Crippen molar-refractivity contribution < 1.29 is 18.8 Å². The SMILES string of the molecule is COc1ccc2c(Oc3ccc([N+](=O)[O-])cc3)cc(=O)oc2c1. The molecule has 0 atom stereocenters. The van der Waals surface area contributed by atoms with E-state index in [4.69, 9.17) is 13.9 Å². The Hall–Kier alpha value is -3.35. The zero-order valence-electron chi connectivity index (χ0n) is 12.0. The molecule has 7 nitrogen and oxygen atoms in total.